The molecular weight excluding hydrogens is 298 g/mol. The van der Waals surface area contributed by atoms with Crippen LogP contribution in [0.15, 0.2) is 30.3 Å². The van der Waals surface area contributed by atoms with Gasteiger partial charge in [-0.3, -0.25) is 4.79 Å². The first-order chi connectivity index (χ1) is 10.5. The van der Waals surface area contributed by atoms with Gasteiger partial charge in [-0.15, -0.1) is 11.3 Å². The average Bonchev–Trinajstić information content (AvgIpc) is 2.97. The van der Waals surface area contributed by atoms with E-state index in [1.807, 2.05) is 25.1 Å². The van der Waals surface area contributed by atoms with Crippen LogP contribution in [0, 0.1) is 5.92 Å². The minimum atomic E-state index is -0.0474. The van der Waals surface area contributed by atoms with Gasteiger partial charge in [-0.05, 0) is 48.7 Å². The molecule has 0 atom stereocenters. The molecule has 0 spiro atoms. The summed E-state index contributed by atoms with van der Waals surface area (Å²) in [5.74, 6) is 0.958. The molecule has 1 aromatic carbocycles. The van der Waals surface area contributed by atoms with Gasteiger partial charge < -0.3 is 15.2 Å². The first-order valence-corrected chi connectivity index (χ1v) is 8.17. The van der Waals surface area contributed by atoms with Gasteiger partial charge in [-0.25, -0.2) is 0 Å². The maximum Gasteiger partial charge on any atom is 0.261 e. The zero-order valence-electron chi connectivity index (χ0n) is 13.1. The first kappa shape index (κ1) is 16.4. The molecule has 5 heteroatoms. The molecule has 0 fully saturated rings. The van der Waals surface area contributed by atoms with Gasteiger partial charge in [-0.2, -0.15) is 0 Å². The minimum Gasteiger partial charge on any atom is -0.504 e. The molecule has 0 radical (unpaired) electrons. The Morgan fingerprint density at radius 3 is 2.77 bits per heavy atom. The summed E-state index contributed by atoms with van der Waals surface area (Å²) < 4.78 is 5.39. The molecule has 22 heavy (non-hydrogen) atoms. The maximum absolute atomic E-state index is 12.1. The number of hydrogen-bond acceptors (Lipinski definition) is 4. The lowest BCUT2D eigenvalue weighted by molar-refractivity contribution is 0.0953. The van der Waals surface area contributed by atoms with Crippen molar-refractivity contribution >= 4 is 17.2 Å². The number of amides is 1. The van der Waals surface area contributed by atoms with Crippen LogP contribution in [0.1, 0.15) is 30.4 Å². The number of hydrogen-bond donors (Lipinski definition) is 2. The molecule has 1 heterocycles. The predicted octanol–water partition coefficient (Wildman–Crippen LogP) is 3.91. The van der Waals surface area contributed by atoms with Gasteiger partial charge in [0.1, 0.15) is 0 Å². The van der Waals surface area contributed by atoms with E-state index in [4.69, 9.17) is 4.74 Å². The number of benzene rings is 1. The molecule has 1 aromatic heterocycles. The maximum atomic E-state index is 12.1. The predicted molar refractivity (Wildman–Crippen MR) is 89.8 cm³/mol. The van der Waals surface area contributed by atoms with Crippen LogP contribution in [-0.2, 0) is 0 Å². The average molecular weight is 319 g/mol. The number of aromatic hydroxyl groups is 1. The van der Waals surface area contributed by atoms with Crippen LogP contribution in [-0.4, -0.2) is 24.2 Å². The number of rotatable bonds is 6. The molecule has 0 unspecified atom stereocenters. The van der Waals surface area contributed by atoms with Crippen molar-refractivity contribution in [3.05, 3.63) is 35.2 Å². The second-order valence-corrected chi connectivity index (χ2v) is 6.47. The third-order valence-corrected chi connectivity index (χ3v) is 4.18. The van der Waals surface area contributed by atoms with E-state index in [1.54, 1.807) is 12.1 Å². The van der Waals surface area contributed by atoms with Gasteiger partial charge in [0.15, 0.2) is 11.5 Å². The summed E-state index contributed by atoms with van der Waals surface area (Å²) in [5.41, 5.74) is 0.925. The summed E-state index contributed by atoms with van der Waals surface area (Å²) >= 11 is 1.43. The van der Waals surface area contributed by atoms with Crippen LogP contribution >= 0.6 is 11.3 Å². The quantitative estimate of drug-likeness (QED) is 0.849. The smallest absolute Gasteiger partial charge is 0.261 e. The SMILES string of the molecule is CCOc1cc(-c2ccc(C(=O)NCC(C)C)s2)ccc1O. The molecule has 4 nitrogen and oxygen atoms in total. The van der Waals surface area contributed by atoms with Crippen molar-refractivity contribution in [3.63, 3.8) is 0 Å². The van der Waals surface area contributed by atoms with Crippen molar-refractivity contribution in [2.75, 3.05) is 13.2 Å². The van der Waals surface area contributed by atoms with E-state index < -0.39 is 0 Å². The highest BCUT2D eigenvalue weighted by atomic mass is 32.1. The van der Waals surface area contributed by atoms with Crippen LogP contribution in [0.3, 0.4) is 0 Å². The zero-order chi connectivity index (χ0) is 16.1. The van der Waals surface area contributed by atoms with Crippen LogP contribution < -0.4 is 10.1 Å². The van der Waals surface area contributed by atoms with E-state index >= 15 is 0 Å². The van der Waals surface area contributed by atoms with Gasteiger partial charge in [0, 0.05) is 11.4 Å². The summed E-state index contributed by atoms with van der Waals surface area (Å²) in [4.78, 5) is 13.7. The third-order valence-electron chi connectivity index (χ3n) is 3.04. The Kier molecular flexibility index (Phi) is 5.44. The number of phenolic OH excluding ortho intramolecular Hbond substituents is 1. The van der Waals surface area contributed by atoms with Crippen molar-refractivity contribution in [1.82, 2.24) is 5.32 Å². The van der Waals surface area contributed by atoms with Crippen LogP contribution in [0.5, 0.6) is 11.5 Å². The van der Waals surface area contributed by atoms with E-state index in [9.17, 15) is 9.90 Å². The number of ether oxygens (including phenoxy) is 1. The molecule has 0 aliphatic rings. The molecule has 0 bridgehead atoms. The van der Waals surface area contributed by atoms with E-state index in [1.165, 1.54) is 11.3 Å². The summed E-state index contributed by atoms with van der Waals surface area (Å²) in [5, 5.41) is 12.7. The van der Waals surface area contributed by atoms with Crippen molar-refractivity contribution in [2.45, 2.75) is 20.8 Å². The molecule has 0 saturated heterocycles. The number of carbonyl (C=O) groups excluding carboxylic acids is 1. The number of phenols is 1. The Morgan fingerprint density at radius 1 is 1.32 bits per heavy atom. The topological polar surface area (TPSA) is 58.6 Å². The second kappa shape index (κ2) is 7.31. The number of thiophene rings is 1. The number of nitrogens with one attached hydrogen (secondary N) is 1. The van der Waals surface area contributed by atoms with E-state index in [-0.39, 0.29) is 11.7 Å². The summed E-state index contributed by atoms with van der Waals surface area (Å²) in [7, 11) is 0. The molecule has 2 rings (SSSR count). The van der Waals surface area contributed by atoms with Crippen LogP contribution in [0.4, 0.5) is 0 Å². The fraction of sp³-hybridized carbons (Fsp3) is 0.353. The second-order valence-electron chi connectivity index (χ2n) is 5.38. The van der Waals surface area contributed by atoms with Crippen molar-refractivity contribution in [3.8, 4) is 21.9 Å². The summed E-state index contributed by atoms with van der Waals surface area (Å²) in [6, 6.07) is 8.96. The summed E-state index contributed by atoms with van der Waals surface area (Å²) in [6.45, 7) is 7.15. The molecule has 2 aromatic rings. The van der Waals surface area contributed by atoms with E-state index in [0.717, 1.165) is 10.4 Å². The fourth-order valence-corrected chi connectivity index (χ4v) is 2.86. The highest BCUT2D eigenvalue weighted by Crippen LogP contribution is 2.34. The van der Waals surface area contributed by atoms with Gasteiger partial charge in [-0.1, -0.05) is 13.8 Å². The Balaban J connectivity index is 2.17. The van der Waals surface area contributed by atoms with Gasteiger partial charge >= 0.3 is 0 Å². The molecule has 0 aliphatic carbocycles. The highest BCUT2D eigenvalue weighted by Gasteiger charge is 2.12. The minimum absolute atomic E-state index is 0.0474. The van der Waals surface area contributed by atoms with Crippen molar-refractivity contribution in [2.24, 2.45) is 5.92 Å². The Labute approximate surface area is 134 Å². The largest absolute Gasteiger partial charge is 0.504 e. The van der Waals surface area contributed by atoms with Crippen molar-refractivity contribution in [1.29, 1.82) is 0 Å². The highest BCUT2D eigenvalue weighted by molar-refractivity contribution is 7.17. The van der Waals surface area contributed by atoms with Gasteiger partial charge in [0.05, 0.1) is 11.5 Å². The molecule has 1 amide bonds. The van der Waals surface area contributed by atoms with Crippen LogP contribution in [0.25, 0.3) is 10.4 Å². The first-order valence-electron chi connectivity index (χ1n) is 7.35. The lowest BCUT2D eigenvalue weighted by Gasteiger charge is -2.07. The van der Waals surface area contributed by atoms with E-state index in [0.29, 0.717) is 29.7 Å². The molecule has 0 saturated carbocycles. The Bertz CT molecular complexity index is 649. The van der Waals surface area contributed by atoms with Crippen molar-refractivity contribution < 1.29 is 14.6 Å². The molecular formula is C17H21NO3S. The number of carbonyl (C=O) groups is 1. The lowest BCUT2D eigenvalue weighted by Crippen LogP contribution is -2.26. The Morgan fingerprint density at radius 2 is 2.09 bits per heavy atom. The van der Waals surface area contributed by atoms with Gasteiger partial charge in [0.2, 0.25) is 0 Å². The van der Waals surface area contributed by atoms with Crippen LogP contribution in [0.2, 0.25) is 0 Å². The third kappa shape index (κ3) is 4.01. The molecule has 118 valence electrons. The van der Waals surface area contributed by atoms with Gasteiger partial charge in [0.25, 0.3) is 5.91 Å². The normalized spacial score (nSPS) is 10.7. The zero-order valence-corrected chi connectivity index (χ0v) is 13.9. The standard InChI is InChI=1S/C17H21NO3S/c1-4-21-14-9-12(5-6-13(14)19)15-7-8-16(22-15)17(20)18-10-11(2)3/h5-9,11,19H,4,10H2,1-3H3,(H,18,20). The summed E-state index contributed by atoms with van der Waals surface area (Å²) in [6.07, 6.45) is 0. The fourth-order valence-electron chi connectivity index (χ4n) is 1.94. The molecule has 2 N–H and O–H groups in total. The Hall–Kier alpha value is -2.01. The monoisotopic (exact) mass is 319 g/mol. The van der Waals surface area contributed by atoms with E-state index in [2.05, 4.69) is 19.2 Å². The molecule has 0 aliphatic heterocycles. The lowest BCUT2D eigenvalue weighted by atomic mass is 10.1.